The van der Waals surface area contributed by atoms with Crippen LogP contribution in [-0.4, -0.2) is 66.9 Å². The van der Waals surface area contributed by atoms with Gasteiger partial charge in [-0.05, 0) is 18.2 Å². The molecule has 1 heterocycles. The summed E-state index contributed by atoms with van der Waals surface area (Å²) in [4.78, 5) is 1.15. The van der Waals surface area contributed by atoms with E-state index >= 15 is 0 Å². The number of ether oxygens (including phenoxy) is 3. The summed E-state index contributed by atoms with van der Waals surface area (Å²) in [5.41, 5.74) is -0.787. The Morgan fingerprint density at radius 3 is 2.21 bits per heavy atom. The highest BCUT2D eigenvalue weighted by Crippen LogP contribution is 2.37. The maximum atomic E-state index is 13.8. The van der Waals surface area contributed by atoms with Crippen molar-refractivity contribution in [2.45, 2.75) is 11.1 Å². The zero-order valence-electron chi connectivity index (χ0n) is 18.2. The lowest BCUT2D eigenvalue weighted by Crippen LogP contribution is -2.41. The number of benzene rings is 2. The van der Waals surface area contributed by atoms with Crippen LogP contribution in [0.1, 0.15) is 5.56 Å². The Kier molecular flexibility index (Phi) is 8.05. The standard InChI is InChI=1S/C21H26F3N3O5S/c1-30-17-11-16(12-18(14-17)31-2)26-15-3-4-20(19(13-15)21(22,23)24)33(28,29)25-5-6-27-7-9-32-10-8-27/h3-4,11-14,25-26H,5-10H2,1-2H3. The summed E-state index contributed by atoms with van der Waals surface area (Å²) in [5, 5.41) is 2.84. The Bertz CT molecular complexity index is 1040. The average Bonchev–Trinajstić information content (AvgIpc) is 2.78. The van der Waals surface area contributed by atoms with Crippen LogP contribution in [0.25, 0.3) is 0 Å². The number of rotatable bonds is 9. The van der Waals surface area contributed by atoms with Gasteiger partial charge in [0.25, 0.3) is 0 Å². The molecule has 0 saturated carbocycles. The van der Waals surface area contributed by atoms with Crippen molar-refractivity contribution in [1.29, 1.82) is 0 Å². The van der Waals surface area contributed by atoms with Crippen molar-refractivity contribution in [3.8, 4) is 11.5 Å². The van der Waals surface area contributed by atoms with E-state index < -0.39 is 26.7 Å². The van der Waals surface area contributed by atoms with Gasteiger partial charge in [-0.3, -0.25) is 4.90 Å². The third-order valence-electron chi connectivity index (χ3n) is 5.04. The fourth-order valence-electron chi connectivity index (χ4n) is 3.35. The molecular formula is C21H26F3N3O5S. The maximum Gasteiger partial charge on any atom is 0.417 e. The fourth-order valence-corrected chi connectivity index (χ4v) is 4.58. The lowest BCUT2D eigenvalue weighted by atomic mass is 10.2. The number of nitrogens with one attached hydrogen (secondary N) is 2. The lowest BCUT2D eigenvalue weighted by molar-refractivity contribution is -0.139. The molecule has 0 aromatic heterocycles. The van der Waals surface area contributed by atoms with E-state index in [0.717, 1.165) is 12.1 Å². The van der Waals surface area contributed by atoms with E-state index in [0.29, 0.717) is 50.0 Å². The van der Waals surface area contributed by atoms with Gasteiger partial charge in [-0.25, -0.2) is 13.1 Å². The number of alkyl halides is 3. The zero-order chi connectivity index (χ0) is 24.1. The number of morpholine rings is 1. The number of sulfonamides is 1. The highest BCUT2D eigenvalue weighted by Gasteiger charge is 2.37. The summed E-state index contributed by atoms with van der Waals surface area (Å²) in [6.07, 6.45) is -4.88. The van der Waals surface area contributed by atoms with Crippen molar-refractivity contribution >= 4 is 21.4 Å². The molecule has 0 unspecified atom stereocenters. The van der Waals surface area contributed by atoms with E-state index in [1.807, 2.05) is 4.90 Å². The van der Waals surface area contributed by atoms with Crippen LogP contribution in [0, 0.1) is 0 Å². The van der Waals surface area contributed by atoms with E-state index in [1.54, 1.807) is 18.2 Å². The largest absolute Gasteiger partial charge is 0.497 e. The summed E-state index contributed by atoms with van der Waals surface area (Å²) < 4.78 is 84.5. The molecule has 12 heteroatoms. The predicted octanol–water partition coefficient (Wildman–Crippen LogP) is 3.08. The second-order valence-corrected chi connectivity index (χ2v) is 9.02. The summed E-state index contributed by atoms with van der Waals surface area (Å²) in [7, 11) is -1.48. The van der Waals surface area contributed by atoms with E-state index in [1.165, 1.54) is 20.3 Å². The molecule has 2 aromatic carbocycles. The van der Waals surface area contributed by atoms with Gasteiger partial charge in [0, 0.05) is 55.8 Å². The molecule has 2 aromatic rings. The van der Waals surface area contributed by atoms with Crippen molar-refractivity contribution < 1.29 is 35.8 Å². The van der Waals surface area contributed by atoms with Gasteiger partial charge in [-0.15, -0.1) is 0 Å². The Balaban J connectivity index is 1.81. The van der Waals surface area contributed by atoms with Gasteiger partial charge in [-0.1, -0.05) is 0 Å². The Hall–Kier alpha value is -2.54. The van der Waals surface area contributed by atoms with Gasteiger partial charge in [0.05, 0.1) is 37.9 Å². The quantitative estimate of drug-likeness (QED) is 0.560. The highest BCUT2D eigenvalue weighted by atomic mass is 32.2. The van der Waals surface area contributed by atoms with Gasteiger partial charge >= 0.3 is 6.18 Å². The number of nitrogens with zero attached hydrogens (tertiary/aromatic N) is 1. The normalized spacial score (nSPS) is 15.3. The third-order valence-corrected chi connectivity index (χ3v) is 6.56. The van der Waals surface area contributed by atoms with E-state index in [9.17, 15) is 21.6 Å². The number of hydrogen-bond acceptors (Lipinski definition) is 7. The average molecular weight is 490 g/mol. The van der Waals surface area contributed by atoms with Crippen molar-refractivity contribution in [3.05, 3.63) is 42.0 Å². The van der Waals surface area contributed by atoms with Crippen LogP contribution in [0.3, 0.4) is 0 Å². The molecule has 3 rings (SSSR count). The molecule has 0 atom stereocenters. The van der Waals surface area contributed by atoms with Gasteiger partial charge in [0.1, 0.15) is 11.5 Å². The van der Waals surface area contributed by atoms with E-state index in [4.69, 9.17) is 14.2 Å². The minimum absolute atomic E-state index is 0.0107. The molecular weight excluding hydrogens is 463 g/mol. The van der Waals surface area contributed by atoms with Crippen molar-refractivity contribution in [3.63, 3.8) is 0 Å². The monoisotopic (exact) mass is 489 g/mol. The smallest absolute Gasteiger partial charge is 0.417 e. The van der Waals surface area contributed by atoms with Crippen LogP contribution < -0.4 is 19.5 Å². The van der Waals surface area contributed by atoms with Crippen LogP contribution in [0.5, 0.6) is 11.5 Å². The van der Waals surface area contributed by atoms with Crippen LogP contribution >= 0.6 is 0 Å². The summed E-state index contributed by atoms with van der Waals surface area (Å²) in [6, 6.07) is 7.76. The molecule has 1 aliphatic rings. The van der Waals surface area contributed by atoms with Crippen molar-refractivity contribution in [1.82, 2.24) is 9.62 Å². The zero-order valence-corrected chi connectivity index (χ0v) is 19.1. The molecule has 1 fully saturated rings. The third kappa shape index (κ3) is 6.73. The van der Waals surface area contributed by atoms with Gasteiger partial charge in [0.15, 0.2) is 0 Å². The number of anilines is 2. The molecule has 182 valence electrons. The summed E-state index contributed by atoms with van der Waals surface area (Å²) in [6.45, 7) is 2.73. The molecule has 33 heavy (non-hydrogen) atoms. The van der Waals surface area contributed by atoms with Crippen LogP contribution in [-0.2, 0) is 20.9 Å². The van der Waals surface area contributed by atoms with Gasteiger partial charge in [0.2, 0.25) is 10.0 Å². The first-order valence-corrected chi connectivity index (χ1v) is 11.6. The van der Waals surface area contributed by atoms with Crippen molar-refractivity contribution in [2.75, 3.05) is 58.9 Å². The highest BCUT2D eigenvalue weighted by molar-refractivity contribution is 7.89. The molecule has 8 nitrogen and oxygen atoms in total. The fraction of sp³-hybridized carbons (Fsp3) is 0.429. The molecule has 1 saturated heterocycles. The number of hydrogen-bond donors (Lipinski definition) is 2. The number of methoxy groups -OCH3 is 2. The first-order valence-electron chi connectivity index (χ1n) is 10.1. The van der Waals surface area contributed by atoms with E-state index in [2.05, 4.69) is 10.0 Å². The lowest BCUT2D eigenvalue weighted by Gasteiger charge is -2.26. The summed E-state index contributed by atoms with van der Waals surface area (Å²) >= 11 is 0. The van der Waals surface area contributed by atoms with Crippen molar-refractivity contribution in [2.24, 2.45) is 0 Å². The van der Waals surface area contributed by atoms with Crippen LogP contribution in [0.2, 0.25) is 0 Å². The molecule has 0 aliphatic carbocycles. The summed E-state index contributed by atoms with van der Waals surface area (Å²) in [5.74, 6) is 0.883. The molecule has 0 amide bonds. The molecule has 0 radical (unpaired) electrons. The second kappa shape index (κ2) is 10.6. The van der Waals surface area contributed by atoms with E-state index in [-0.39, 0.29) is 12.2 Å². The molecule has 2 N–H and O–H groups in total. The predicted molar refractivity (Wildman–Crippen MR) is 117 cm³/mol. The SMILES string of the molecule is COc1cc(Nc2ccc(S(=O)(=O)NCCN3CCOCC3)c(C(F)(F)F)c2)cc(OC)c1. The molecule has 1 aliphatic heterocycles. The second-order valence-electron chi connectivity index (χ2n) is 7.29. The first kappa shape index (κ1) is 25.1. The molecule has 0 bridgehead atoms. The maximum absolute atomic E-state index is 13.8. The Morgan fingerprint density at radius 1 is 1.00 bits per heavy atom. The molecule has 0 spiro atoms. The first-order chi connectivity index (χ1) is 15.6. The minimum Gasteiger partial charge on any atom is -0.497 e. The van der Waals surface area contributed by atoms with Gasteiger partial charge < -0.3 is 19.5 Å². The van der Waals surface area contributed by atoms with Crippen LogP contribution in [0.15, 0.2) is 41.3 Å². The minimum atomic E-state index is -4.88. The van der Waals surface area contributed by atoms with Gasteiger partial charge in [-0.2, -0.15) is 13.2 Å². The number of halogens is 3. The van der Waals surface area contributed by atoms with Crippen LogP contribution in [0.4, 0.5) is 24.5 Å². The Labute approximate surface area is 190 Å². The Morgan fingerprint density at radius 2 is 1.64 bits per heavy atom. The topological polar surface area (TPSA) is 89.1 Å².